The van der Waals surface area contributed by atoms with E-state index in [1.165, 1.54) is 66.7 Å². The Kier molecular flexibility index (Phi) is 27.6. The normalized spacial score (nSPS) is 37.0. The largest absolute Gasteiger partial charge is 0.458 e. The van der Waals surface area contributed by atoms with Gasteiger partial charge in [-0.15, -0.1) is 0 Å². The zero-order chi connectivity index (χ0) is 91.4. The van der Waals surface area contributed by atoms with Gasteiger partial charge in [0.05, 0.1) is 25.7 Å². The molecule has 2 N–H and O–H groups in total. The first-order valence-electron chi connectivity index (χ1n) is 46.7. The smallest absolute Gasteiger partial charge is 0.306 e. The molecule has 0 radical (unpaired) electrons. The van der Waals surface area contributed by atoms with Crippen LogP contribution in [0.1, 0.15) is 289 Å². The second kappa shape index (κ2) is 36.6. The van der Waals surface area contributed by atoms with Gasteiger partial charge in [0, 0.05) is 82.9 Å². The highest BCUT2D eigenvalue weighted by Crippen LogP contribution is 2.70. The molecule has 8 fully saturated rings. The summed E-state index contributed by atoms with van der Waals surface area (Å²) in [6.07, 6.45) is 43.6. The first-order valence-corrected chi connectivity index (χ1v) is 46.7. The molecule has 0 bridgehead atoms. The van der Waals surface area contributed by atoms with Gasteiger partial charge in [0.1, 0.15) is 47.5 Å². The van der Waals surface area contributed by atoms with Gasteiger partial charge in [-0.2, -0.15) is 0 Å². The number of allylic oxidation sites excluding steroid dienone is 20. The maximum absolute atomic E-state index is 13.1. The Hall–Kier alpha value is -8.76. The molecule has 0 aromatic carbocycles. The number of hydrogen-bond donors (Lipinski definition) is 2. The van der Waals surface area contributed by atoms with Crippen LogP contribution in [0.3, 0.4) is 0 Å². The summed E-state index contributed by atoms with van der Waals surface area (Å²) in [4.78, 5) is 192. The summed E-state index contributed by atoms with van der Waals surface area (Å²) in [5.41, 5.74) is 5.46. The van der Waals surface area contributed by atoms with Crippen molar-refractivity contribution < 1.29 is 106 Å². The number of carbonyl (C=O) groups is 16. The lowest BCUT2D eigenvalue weighted by molar-refractivity contribution is -0.163. The molecule has 0 heterocycles. The second-order valence-corrected chi connectivity index (χ2v) is 41.7. The van der Waals surface area contributed by atoms with Crippen molar-refractivity contribution in [3.63, 3.8) is 0 Å². The monoisotopic (exact) mass is 1730 g/mol. The van der Waals surface area contributed by atoms with Gasteiger partial charge in [-0.1, -0.05) is 123 Å². The predicted octanol–water partition coefficient (Wildman–Crippen LogP) is 15.9. The summed E-state index contributed by atoms with van der Waals surface area (Å²) >= 11 is 0. The number of hydrogen-bond acceptors (Lipinski definition) is 22. The standard InChI is InChI=1S/C26H34O6.C26H32O6.C26H34O5.C26H32O5/c2*1-16(27)4-7-23(30)32-15-22(29)26(31)13-10-21-19-6-5-17-14-18(28)8-11-24(17,2)20(19)9-12-25(21,26)3;2*1-16(27)4-9-24(30)31-15-23(29)22-8-7-20-19-6-5-17-14-18(28)10-12-25(17,2)21(19)11-13-26(20,22)3/h9,14,19,21,31H,4-8,10-13,15H2,1-3H3;8-9,11,14,19,21,31H,4-7,10,12-13,15H2,1-3H3;11,14,19-20,22H,4-10,12-13,15H2,1-3H3;10-12,14,19-20,22H,4-9,13,15H2,1-3H3/t2*19?,21?,24-,25-,26-;2*19?,20?,22-,25+,26+/m0011/s1. The van der Waals surface area contributed by atoms with E-state index in [0.717, 1.165) is 121 Å². The van der Waals surface area contributed by atoms with Gasteiger partial charge in [0.25, 0.3) is 0 Å². The third kappa shape index (κ3) is 17.7. The van der Waals surface area contributed by atoms with Crippen molar-refractivity contribution in [1.82, 2.24) is 0 Å². The minimum absolute atomic E-state index is 0.00351. The second-order valence-electron chi connectivity index (χ2n) is 41.7. The molecule has 8 saturated carbocycles. The van der Waals surface area contributed by atoms with Gasteiger partial charge in [0.2, 0.25) is 11.6 Å². The van der Waals surface area contributed by atoms with Crippen molar-refractivity contribution in [1.29, 1.82) is 0 Å². The van der Waals surface area contributed by atoms with Gasteiger partial charge < -0.3 is 48.3 Å². The van der Waals surface area contributed by atoms with Crippen LogP contribution < -0.4 is 0 Å². The molecule has 0 amide bonds. The summed E-state index contributed by atoms with van der Waals surface area (Å²) in [7, 11) is 0. The number of aliphatic hydroxyl groups is 2. The van der Waals surface area contributed by atoms with Crippen molar-refractivity contribution in [3.05, 3.63) is 117 Å². The van der Waals surface area contributed by atoms with Gasteiger partial charge in [-0.3, -0.25) is 57.5 Å². The molecular formula is C104H132O22. The van der Waals surface area contributed by atoms with Crippen molar-refractivity contribution in [2.75, 3.05) is 26.4 Å². The van der Waals surface area contributed by atoms with Gasteiger partial charge >= 0.3 is 23.9 Å². The number of ether oxygens (including phenoxy) is 4. The molecule has 0 aromatic heterocycles. The predicted molar refractivity (Wildman–Crippen MR) is 467 cm³/mol. The van der Waals surface area contributed by atoms with E-state index in [0.29, 0.717) is 68.1 Å². The SMILES string of the molecule is CC(=O)CCC(=O)OCC(=O)[C@@]1(O)CCC2C3CCC4=CC(=O)C=C[C@]4(C)C3=CC[C@@]21C.CC(=O)CCC(=O)OCC(=O)[C@@]1(O)CCC2C3CCC4=CC(=O)CC[C@]4(C)C3=CC[C@@]21C.CC(=O)CCC(=O)OCC(=O)[C@H]1CCC2C3CCC4=CC(=O)C=C[C@]4(C)C3=CC[C@@]21C.CC(=O)CCC(=O)OCC(=O)[C@H]1CCC2C3CCC4=CC(=O)CC[C@]4(C)C3=CC[C@@]21C. The van der Waals surface area contributed by atoms with E-state index in [2.05, 4.69) is 71.9 Å². The van der Waals surface area contributed by atoms with E-state index in [1.54, 1.807) is 18.2 Å². The molecule has 680 valence electrons. The number of rotatable bonds is 24. The fraction of sp³-hybridized carbons (Fsp3) is 0.654. The summed E-state index contributed by atoms with van der Waals surface area (Å²) in [6.45, 7) is 21.8. The first kappa shape index (κ1) is 94.8. The van der Waals surface area contributed by atoms with Crippen LogP contribution in [0.2, 0.25) is 0 Å². The Morgan fingerprint density at radius 3 is 1.02 bits per heavy atom. The summed E-state index contributed by atoms with van der Waals surface area (Å²) in [5.74, 6) is -0.284. The highest BCUT2D eigenvalue weighted by atomic mass is 16.5. The molecule has 0 spiro atoms. The highest BCUT2D eigenvalue weighted by molar-refractivity contribution is 6.02. The Morgan fingerprint density at radius 1 is 0.341 bits per heavy atom. The third-order valence-corrected chi connectivity index (χ3v) is 34.8. The lowest BCUT2D eigenvalue weighted by Gasteiger charge is -2.54. The molecule has 22 nitrogen and oxygen atoms in total. The van der Waals surface area contributed by atoms with Crippen LogP contribution in [0, 0.1) is 102 Å². The number of ketones is 12. The Bertz CT molecular complexity index is 4890. The molecule has 0 aliphatic heterocycles. The molecule has 8 unspecified atom stereocenters. The maximum atomic E-state index is 13.1. The molecular weight excluding hydrogens is 1600 g/mol. The minimum Gasteiger partial charge on any atom is -0.458 e. The minimum atomic E-state index is -1.55. The van der Waals surface area contributed by atoms with E-state index in [4.69, 9.17) is 18.9 Å². The lowest BCUT2D eigenvalue weighted by atomic mass is 9.50. The molecule has 16 aliphatic rings. The van der Waals surface area contributed by atoms with Crippen molar-refractivity contribution in [2.24, 2.45) is 102 Å². The number of Topliss-reactive ketones (excluding diaryl/α,β-unsaturated/α-hetero) is 8. The van der Waals surface area contributed by atoms with Crippen molar-refractivity contribution in [3.8, 4) is 0 Å². The van der Waals surface area contributed by atoms with Crippen LogP contribution in [0.4, 0.5) is 0 Å². The molecule has 16 rings (SSSR count). The van der Waals surface area contributed by atoms with Gasteiger partial charge in [0.15, 0.2) is 47.9 Å². The van der Waals surface area contributed by atoms with Crippen LogP contribution in [0.25, 0.3) is 0 Å². The summed E-state index contributed by atoms with van der Waals surface area (Å²) in [6, 6.07) is 0. The fourth-order valence-electron chi connectivity index (χ4n) is 27.2. The van der Waals surface area contributed by atoms with E-state index >= 15 is 0 Å². The highest BCUT2D eigenvalue weighted by Gasteiger charge is 2.67. The number of fused-ring (bicyclic) bond motifs is 20. The van der Waals surface area contributed by atoms with Crippen molar-refractivity contribution >= 4 is 93.3 Å². The van der Waals surface area contributed by atoms with Crippen LogP contribution in [0.5, 0.6) is 0 Å². The van der Waals surface area contributed by atoms with Crippen molar-refractivity contribution in [2.45, 2.75) is 300 Å². The third-order valence-electron chi connectivity index (χ3n) is 34.8. The molecule has 0 aromatic rings. The topological polar surface area (TPSA) is 350 Å². The number of esters is 4. The molecule has 22 heteroatoms. The zero-order valence-corrected chi connectivity index (χ0v) is 76.2. The van der Waals surface area contributed by atoms with Crippen LogP contribution in [-0.2, 0) is 95.7 Å². The zero-order valence-electron chi connectivity index (χ0n) is 76.2. The van der Waals surface area contributed by atoms with Crippen LogP contribution in [-0.4, -0.2) is 141 Å². The Labute approximate surface area is 741 Å². The van der Waals surface area contributed by atoms with Crippen LogP contribution >= 0.6 is 0 Å². The Balaban J connectivity index is 0.000000144. The van der Waals surface area contributed by atoms with Crippen LogP contribution in [0.15, 0.2) is 117 Å². The van der Waals surface area contributed by atoms with Gasteiger partial charge in [-0.05, 0) is 277 Å². The molecule has 0 saturated heterocycles. The molecule has 126 heavy (non-hydrogen) atoms. The van der Waals surface area contributed by atoms with E-state index in [-0.39, 0.29) is 184 Å². The maximum Gasteiger partial charge on any atom is 0.306 e. The Morgan fingerprint density at radius 2 is 0.651 bits per heavy atom. The van der Waals surface area contributed by atoms with E-state index < -0.39 is 70.7 Å². The molecule has 16 aliphatic carbocycles. The average Bonchev–Trinajstić information content (AvgIpc) is 1.50. The first-order chi connectivity index (χ1) is 59.3. The lowest BCUT2D eigenvalue weighted by Crippen LogP contribution is -2.55. The van der Waals surface area contributed by atoms with E-state index in [1.807, 2.05) is 38.2 Å². The molecule has 20 atom stereocenters. The quantitative estimate of drug-likeness (QED) is 0.0515. The summed E-state index contributed by atoms with van der Waals surface area (Å²) < 4.78 is 20.6. The average molecular weight is 1730 g/mol. The van der Waals surface area contributed by atoms with E-state index in [9.17, 15) is 86.9 Å². The number of carbonyl (C=O) groups excluding carboxylic acids is 16. The fourth-order valence-corrected chi connectivity index (χ4v) is 27.2. The van der Waals surface area contributed by atoms with Gasteiger partial charge in [-0.25, -0.2) is 0 Å². The summed E-state index contributed by atoms with van der Waals surface area (Å²) in [5, 5.41) is 23.2.